The number of hydrogen-bond acceptors (Lipinski definition) is 6. The predicted octanol–water partition coefficient (Wildman–Crippen LogP) is 6.03. The van der Waals surface area contributed by atoms with Crippen molar-refractivity contribution in [1.29, 1.82) is 0 Å². The van der Waals surface area contributed by atoms with Gasteiger partial charge in [0.2, 0.25) is 0 Å². The molecule has 7 nitrogen and oxygen atoms in total. The van der Waals surface area contributed by atoms with Crippen LogP contribution >= 0.6 is 0 Å². The quantitative estimate of drug-likeness (QED) is 0.267. The van der Waals surface area contributed by atoms with E-state index in [0.29, 0.717) is 16.7 Å². The van der Waals surface area contributed by atoms with Crippen LogP contribution in [-0.4, -0.2) is 27.4 Å². The van der Waals surface area contributed by atoms with E-state index in [2.05, 4.69) is 0 Å². The van der Waals surface area contributed by atoms with Gasteiger partial charge in [-0.15, -0.1) is 0 Å². The van der Waals surface area contributed by atoms with E-state index >= 15 is 0 Å². The van der Waals surface area contributed by atoms with Crippen LogP contribution in [0.15, 0.2) is 94.2 Å². The molecule has 8 heteroatoms. The van der Waals surface area contributed by atoms with Crippen molar-refractivity contribution in [3.8, 4) is 0 Å². The molecule has 0 saturated heterocycles. The summed E-state index contributed by atoms with van der Waals surface area (Å²) < 4.78 is 39.5. The van der Waals surface area contributed by atoms with Gasteiger partial charge in [0.05, 0.1) is 17.7 Å². The Hall–Kier alpha value is -4.43. The van der Waals surface area contributed by atoms with E-state index in [4.69, 9.17) is 9.15 Å². The molecule has 1 aromatic heterocycles. The second-order valence-corrected chi connectivity index (χ2v) is 10.4. The molecule has 0 unspecified atom stereocenters. The third kappa shape index (κ3) is 4.25. The molecular formula is C29H23NO6S. The highest BCUT2D eigenvalue weighted by Crippen LogP contribution is 2.34. The zero-order valence-corrected chi connectivity index (χ0v) is 21.2. The first kappa shape index (κ1) is 24.3. The van der Waals surface area contributed by atoms with Crippen LogP contribution in [-0.2, 0) is 14.8 Å². The van der Waals surface area contributed by atoms with Crippen LogP contribution in [0.25, 0.3) is 21.7 Å². The second-order valence-electron chi connectivity index (χ2n) is 8.65. The number of furan rings is 1. The van der Waals surface area contributed by atoms with E-state index in [1.54, 1.807) is 43.3 Å². The standard InChI is InChI=1S/C29H23NO6S/c1-18-8-10-21(11-9-18)28(31)30(37(33,34)24-14-12-20-6-4-5-7-22(20)16-24)23-13-15-26-25(17-23)27(19(2)36-26)29(32)35-3/h4-17H,1-3H3. The number of sulfonamides is 1. The van der Waals surface area contributed by atoms with Crippen LogP contribution < -0.4 is 4.31 Å². The smallest absolute Gasteiger partial charge is 0.342 e. The molecule has 0 aliphatic carbocycles. The Balaban J connectivity index is 1.73. The number of carbonyl (C=O) groups excluding carboxylic acids is 2. The first-order valence-corrected chi connectivity index (χ1v) is 12.9. The molecule has 0 saturated carbocycles. The van der Waals surface area contributed by atoms with Gasteiger partial charge in [-0.2, -0.15) is 4.31 Å². The SMILES string of the molecule is COC(=O)c1c(C)oc2ccc(N(C(=O)c3ccc(C)cc3)S(=O)(=O)c3ccc4ccccc4c3)cc12. The molecule has 0 fully saturated rings. The van der Waals surface area contributed by atoms with Crippen molar-refractivity contribution in [1.82, 2.24) is 0 Å². The number of fused-ring (bicyclic) bond motifs is 2. The maximum Gasteiger partial charge on any atom is 0.342 e. The molecule has 0 aliphatic heterocycles. The van der Waals surface area contributed by atoms with Crippen LogP contribution in [0.1, 0.15) is 32.0 Å². The Morgan fingerprint density at radius 1 is 0.838 bits per heavy atom. The van der Waals surface area contributed by atoms with Crippen molar-refractivity contribution in [3.05, 3.63) is 107 Å². The third-order valence-electron chi connectivity index (χ3n) is 6.21. The number of rotatable bonds is 5. The summed E-state index contributed by atoms with van der Waals surface area (Å²) in [6.45, 7) is 3.49. The largest absolute Gasteiger partial charge is 0.465 e. The highest BCUT2D eigenvalue weighted by Gasteiger charge is 2.33. The summed E-state index contributed by atoms with van der Waals surface area (Å²) in [4.78, 5) is 26.2. The number of benzene rings is 4. The molecule has 5 rings (SSSR count). The fourth-order valence-electron chi connectivity index (χ4n) is 4.30. The number of nitrogens with zero attached hydrogens (tertiary/aromatic N) is 1. The lowest BCUT2D eigenvalue weighted by Crippen LogP contribution is -2.37. The molecular weight excluding hydrogens is 490 g/mol. The van der Waals surface area contributed by atoms with E-state index in [9.17, 15) is 18.0 Å². The van der Waals surface area contributed by atoms with Crippen molar-refractivity contribution in [2.45, 2.75) is 18.7 Å². The number of aryl methyl sites for hydroxylation is 2. The van der Waals surface area contributed by atoms with Gasteiger partial charge in [0.15, 0.2) is 0 Å². The number of anilines is 1. The minimum absolute atomic E-state index is 0.0386. The maximum atomic E-state index is 14.1. The van der Waals surface area contributed by atoms with Gasteiger partial charge in [-0.1, -0.05) is 48.0 Å². The zero-order valence-electron chi connectivity index (χ0n) is 20.4. The van der Waals surface area contributed by atoms with Crippen LogP contribution in [0, 0.1) is 13.8 Å². The maximum absolute atomic E-state index is 14.1. The topological polar surface area (TPSA) is 93.9 Å². The Bertz CT molecular complexity index is 1790. The van der Waals surface area contributed by atoms with Crippen molar-refractivity contribution < 1.29 is 27.2 Å². The molecule has 5 aromatic rings. The Morgan fingerprint density at radius 2 is 1.54 bits per heavy atom. The van der Waals surface area contributed by atoms with E-state index < -0.39 is 21.9 Å². The van der Waals surface area contributed by atoms with Crippen molar-refractivity contribution >= 4 is 49.3 Å². The van der Waals surface area contributed by atoms with Gasteiger partial charge >= 0.3 is 5.97 Å². The number of esters is 1. The second kappa shape index (κ2) is 9.22. The number of carbonyl (C=O) groups is 2. The Labute approximate surface area is 213 Å². The molecule has 0 radical (unpaired) electrons. The van der Waals surface area contributed by atoms with Gasteiger partial charge in [0.25, 0.3) is 15.9 Å². The number of amides is 1. The van der Waals surface area contributed by atoms with Crippen molar-refractivity contribution in [3.63, 3.8) is 0 Å². The zero-order chi connectivity index (χ0) is 26.3. The van der Waals surface area contributed by atoms with Gasteiger partial charge in [0, 0.05) is 10.9 Å². The van der Waals surface area contributed by atoms with Crippen molar-refractivity contribution in [2.24, 2.45) is 0 Å². The lowest BCUT2D eigenvalue weighted by molar-refractivity contribution is 0.0600. The van der Waals surface area contributed by atoms with E-state index in [-0.39, 0.29) is 21.7 Å². The summed E-state index contributed by atoms with van der Waals surface area (Å²) in [5, 5.41) is 1.94. The molecule has 0 N–H and O–H groups in total. The number of methoxy groups -OCH3 is 1. The van der Waals surface area contributed by atoms with Crippen LogP contribution in [0.5, 0.6) is 0 Å². The number of hydrogen-bond donors (Lipinski definition) is 0. The van der Waals surface area contributed by atoms with Gasteiger partial charge in [-0.05, 0) is 67.1 Å². The van der Waals surface area contributed by atoms with Crippen LogP contribution in [0.4, 0.5) is 5.69 Å². The monoisotopic (exact) mass is 513 g/mol. The molecule has 0 spiro atoms. The van der Waals surface area contributed by atoms with E-state index in [0.717, 1.165) is 20.6 Å². The van der Waals surface area contributed by atoms with Gasteiger partial charge in [-0.25, -0.2) is 13.2 Å². The molecule has 37 heavy (non-hydrogen) atoms. The average Bonchev–Trinajstić information content (AvgIpc) is 3.23. The molecule has 1 amide bonds. The lowest BCUT2D eigenvalue weighted by atomic mass is 10.1. The van der Waals surface area contributed by atoms with Crippen LogP contribution in [0.3, 0.4) is 0 Å². The fourth-order valence-corrected chi connectivity index (χ4v) is 5.74. The van der Waals surface area contributed by atoms with Gasteiger partial charge < -0.3 is 9.15 Å². The summed E-state index contributed by atoms with van der Waals surface area (Å²) in [7, 11) is -3.11. The normalized spacial score (nSPS) is 11.5. The summed E-state index contributed by atoms with van der Waals surface area (Å²) in [5.41, 5.74) is 1.74. The van der Waals surface area contributed by atoms with E-state index in [1.807, 2.05) is 31.2 Å². The third-order valence-corrected chi connectivity index (χ3v) is 7.92. The van der Waals surface area contributed by atoms with Crippen LogP contribution in [0.2, 0.25) is 0 Å². The summed E-state index contributed by atoms with van der Waals surface area (Å²) in [5.74, 6) is -1.03. The minimum atomic E-state index is -4.37. The highest BCUT2D eigenvalue weighted by molar-refractivity contribution is 7.93. The fraction of sp³-hybridized carbons (Fsp3) is 0.103. The molecule has 4 aromatic carbocycles. The average molecular weight is 514 g/mol. The highest BCUT2D eigenvalue weighted by atomic mass is 32.2. The molecule has 1 heterocycles. The Morgan fingerprint density at radius 3 is 2.24 bits per heavy atom. The lowest BCUT2D eigenvalue weighted by Gasteiger charge is -2.23. The van der Waals surface area contributed by atoms with Crippen molar-refractivity contribution in [2.75, 3.05) is 11.4 Å². The molecule has 0 aliphatic rings. The predicted molar refractivity (Wildman–Crippen MR) is 141 cm³/mol. The first-order valence-electron chi connectivity index (χ1n) is 11.5. The van der Waals surface area contributed by atoms with Gasteiger partial charge in [-0.3, -0.25) is 4.79 Å². The molecule has 186 valence electrons. The Kier molecular flexibility index (Phi) is 6.05. The summed E-state index contributed by atoms with van der Waals surface area (Å²) in [6.07, 6.45) is 0. The van der Waals surface area contributed by atoms with E-state index in [1.165, 1.54) is 31.4 Å². The first-order chi connectivity index (χ1) is 17.7. The molecule has 0 bridgehead atoms. The molecule has 0 atom stereocenters. The minimum Gasteiger partial charge on any atom is -0.465 e. The van der Waals surface area contributed by atoms with Gasteiger partial charge in [0.1, 0.15) is 16.9 Å². The number of ether oxygens (including phenoxy) is 1. The summed E-state index contributed by atoms with van der Waals surface area (Å²) >= 11 is 0. The summed E-state index contributed by atoms with van der Waals surface area (Å²) in [6, 6.07) is 23.2.